The molecule has 0 aliphatic heterocycles. The molecule has 0 aliphatic carbocycles. The maximum atomic E-state index is 12.6. The van der Waals surface area contributed by atoms with Crippen LogP contribution in [0.4, 0.5) is 10.1 Å². The summed E-state index contributed by atoms with van der Waals surface area (Å²) < 4.78 is 13.5. The van der Waals surface area contributed by atoms with E-state index >= 15 is 0 Å². The van der Waals surface area contributed by atoms with Crippen molar-refractivity contribution in [3.63, 3.8) is 0 Å². The molecule has 0 amide bonds. The second kappa shape index (κ2) is 4.26. The zero-order chi connectivity index (χ0) is 8.97. The third kappa shape index (κ3) is 3.05. The monoisotopic (exact) mass is 229 g/mol. The van der Waals surface area contributed by atoms with Crippen molar-refractivity contribution in [1.29, 1.82) is 0 Å². The van der Waals surface area contributed by atoms with Crippen molar-refractivity contribution in [2.75, 3.05) is 11.9 Å². The van der Waals surface area contributed by atoms with Crippen molar-refractivity contribution in [3.8, 4) is 0 Å². The van der Waals surface area contributed by atoms with E-state index in [4.69, 9.17) is 0 Å². The number of hydrogen-bond acceptors (Lipinski definition) is 1. The first kappa shape index (κ1) is 9.26. The first-order valence-electron chi connectivity index (χ1n) is 3.51. The Bertz CT molecular complexity index is 286. The lowest BCUT2D eigenvalue weighted by molar-refractivity contribution is 0.628. The van der Waals surface area contributed by atoms with Gasteiger partial charge in [0.05, 0.1) is 0 Å². The molecule has 0 bridgehead atoms. The third-order valence-corrected chi connectivity index (χ3v) is 1.59. The van der Waals surface area contributed by atoms with E-state index in [1.807, 2.05) is 0 Å². The Morgan fingerprint density at radius 2 is 2.33 bits per heavy atom. The summed E-state index contributed by atoms with van der Waals surface area (Å²) in [4.78, 5) is 0. The van der Waals surface area contributed by atoms with E-state index in [-0.39, 0.29) is 5.82 Å². The zero-order valence-electron chi connectivity index (χ0n) is 6.48. The van der Waals surface area contributed by atoms with E-state index in [0.717, 1.165) is 10.2 Å². The predicted molar refractivity (Wildman–Crippen MR) is 53.0 cm³/mol. The number of halogens is 2. The molecule has 0 unspecified atom stereocenters. The number of rotatable bonds is 3. The molecule has 0 radical (unpaired) electrons. The molecule has 1 aromatic carbocycles. The zero-order valence-corrected chi connectivity index (χ0v) is 8.07. The lowest BCUT2D eigenvalue weighted by Gasteiger charge is -2.03. The van der Waals surface area contributed by atoms with E-state index in [1.54, 1.807) is 12.1 Å². The summed E-state index contributed by atoms with van der Waals surface area (Å²) in [6.45, 7) is 4.25. The van der Waals surface area contributed by atoms with E-state index in [9.17, 15) is 4.39 Å². The Hall–Kier alpha value is -0.830. The highest BCUT2D eigenvalue weighted by atomic mass is 79.9. The van der Waals surface area contributed by atoms with Crippen LogP contribution in [0.1, 0.15) is 0 Å². The van der Waals surface area contributed by atoms with Gasteiger partial charge in [-0.3, -0.25) is 0 Å². The van der Waals surface area contributed by atoms with Crippen molar-refractivity contribution in [3.05, 3.63) is 41.1 Å². The highest BCUT2D eigenvalue weighted by molar-refractivity contribution is 9.11. The number of anilines is 1. The lowest BCUT2D eigenvalue weighted by Crippen LogP contribution is -2.00. The van der Waals surface area contributed by atoms with E-state index in [1.165, 1.54) is 12.1 Å². The van der Waals surface area contributed by atoms with Crippen LogP contribution < -0.4 is 5.32 Å². The minimum absolute atomic E-state index is 0.236. The number of benzene rings is 1. The van der Waals surface area contributed by atoms with Crippen molar-refractivity contribution < 1.29 is 4.39 Å². The van der Waals surface area contributed by atoms with Crippen LogP contribution in [0.2, 0.25) is 0 Å². The normalized spacial score (nSPS) is 9.50. The molecule has 0 heterocycles. The van der Waals surface area contributed by atoms with Gasteiger partial charge in [0.2, 0.25) is 0 Å². The predicted octanol–water partition coefficient (Wildman–Crippen LogP) is 3.15. The minimum atomic E-state index is -0.236. The average Bonchev–Trinajstić information content (AvgIpc) is 2.01. The van der Waals surface area contributed by atoms with Gasteiger partial charge in [0.25, 0.3) is 0 Å². The molecule has 1 N–H and O–H groups in total. The molecule has 0 atom stereocenters. The first-order valence-corrected chi connectivity index (χ1v) is 4.30. The van der Waals surface area contributed by atoms with E-state index < -0.39 is 0 Å². The maximum Gasteiger partial charge on any atom is 0.125 e. The van der Waals surface area contributed by atoms with Crippen LogP contribution in [0.25, 0.3) is 0 Å². The third-order valence-electron chi connectivity index (χ3n) is 1.31. The molecule has 0 spiro atoms. The maximum absolute atomic E-state index is 12.6. The number of hydrogen-bond donors (Lipinski definition) is 1. The molecule has 1 rings (SSSR count). The molecule has 64 valence electrons. The Kier molecular flexibility index (Phi) is 3.29. The van der Waals surface area contributed by atoms with Gasteiger partial charge in [-0.05, 0) is 18.2 Å². The van der Waals surface area contributed by atoms with Crippen molar-refractivity contribution >= 4 is 21.6 Å². The Labute approximate surface area is 79.4 Å². The summed E-state index contributed by atoms with van der Waals surface area (Å²) in [5, 5.41) is 3.00. The fraction of sp³-hybridized carbons (Fsp3) is 0.111. The van der Waals surface area contributed by atoms with Gasteiger partial charge in [-0.2, -0.15) is 0 Å². The largest absolute Gasteiger partial charge is 0.380 e. The van der Waals surface area contributed by atoms with Crippen LogP contribution in [0.5, 0.6) is 0 Å². The summed E-state index contributed by atoms with van der Waals surface area (Å²) in [5.74, 6) is -0.236. The second-order valence-corrected chi connectivity index (χ2v) is 3.50. The van der Waals surface area contributed by atoms with Gasteiger partial charge in [0.1, 0.15) is 5.82 Å². The Morgan fingerprint density at radius 1 is 1.58 bits per heavy atom. The molecule has 0 aliphatic rings. The molecule has 1 aromatic rings. The highest BCUT2D eigenvalue weighted by Crippen LogP contribution is 2.10. The molecule has 1 nitrogen and oxygen atoms in total. The topological polar surface area (TPSA) is 12.0 Å². The second-order valence-electron chi connectivity index (χ2n) is 2.38. The van der Waals surface area contributed by atoms with Gasteiger partial charge in [-0.1, -0.05) is 28.6 Å². The molecule has 0 aromatic heterocycles. The summed E-state index contributed by atoms with van der Waals surface area (Å²) in [7, 11) is 0. The quantitative estimate of drug-likeness (QED) is 0.840. The van der Waals surface area contributed by atoms with Crippen LogP contribution in [0.3, 0.4) is 0 Å². The Balaban J connectivity index is 2.57. The van der Waals surface area contributed by atoms with E-state index in [0.29, 0.717) is 6.54 Å². The SMILES string of the molecule is C=C(Br)CNc1cccc(F)c1. The molecular weight excluding hydrogens is 221 g/mol. The summed E-state index contributed by atoms with van der Waals surface area (Å²) >= 11 is 3.20. The fourth-order valence-electron chi connectivity index (χ4n) is 0.796. The van der Waals surface area contributed by atoms with Gasteiger partial charge >= 0.3 is 0 Å². The fourth-order valence-corrected chi connectivity index (χ4v) is 0.937. The van der Waals surface area contributed by atoms with Crippen LogP contribution in [0.15, 0.2) is 35.3 Å². The molecule has 0 fully saturated rings. The lowest BCUT2D eigenvalue weighted by atomic mass is 10.3. The number of nitrogens with one attached hydrogen (secondary N) is 1. The van der Waals surface area contributed by atoms with Gasteiger partial charge < -0.3 is 5.32 Å². The van der Waals surface area contributed by atoms with Crippen LogP contribution in [-0.2, 0) is 0 Å². The molecule has 12 heavy (non-hydrogen) atoms. The first-order chi connectivity index (χ1) is 5.68. The summed E-state index contributed by atoms with van der Waals surface area (Å²) in [5.41, 5.74) is 0.760. The van der Waals surface area contributed by atoms with Gasteiger partial charge in [0, 0.05) is 16.7 Å². The van der Waals surface area contributed by atoms with Crippen LogP contribution in [0, 0.1) is 5.82 Å². The van der Waals surface area contributed by atoms with Crippen molar-refractivity contribution in [2.45, 2.75) is 0 Å². The summed E-state index contributed by atoms with van der Waals surface area (Å²) in [6.07, 6.45) is 0. The summed E-state index contributed by atoms with van der Waals surface area (Å²) in [6, 6.07) is 6.32. The minimum Gasteiger partial charge on any atom is -0.380 e. The molecule has 3 heteroatoms. The van der Waals surface area contributed by atoms with Crippen LogP contribution >= 0.6 is 15.9 Å². The smallest absolute Gasteiger partial charge is 0.125 e. The van der Waals surface area contributed by atoms with E-state index in [2.05, 4.69) is 27.8 Å². The molecule has 0 saturated heterocycles. The Morgan fingerprint density at radius 3 is 2.92 bits per heavy atom. The standard InChI is InChI=1S/C9H9BrFN/c1-7(10)6-12-9-4-2-3-8(11)5-9/h2-5,12H,1,6H2. The average molecular weight is 230 g/mol. The van der Waals surface area contributed by atoms with Gasteiger partial charge in [-0.15, -0.1) is 0 Å². The van der Waals surface area contributed by atoms with Crippen molar-refractivity contribution in [1.82, 2.24) is 0 Å². The molecular formula is C9H9BrFN. The van der Waals surface area contributed by atoms with Crippen LogP contribution in [-0.4, -0.2) is 6.54 Å². The highest BCUT2D eigenvalue weighted by Gasteiger charge is 1.93. The van der Waals surface area contributed by atoms with Gasteiger partial charge in [-0.25, -0.2) is 4.39 Å². The van der Waals surface area contributed by atoms with Crippen molar-refractivity contribution in [2.24, 2.45) is 0 Å². The molecule has 0 saturated carbocycles. The van der Waals surface area contributed by atoms with Gasteiger partial charge in [0.15, 0.2) is 0 Å².